The van der Waals surface area contributed by atoms with Crippen molar-refractivity contribution in [1.29, 1.82) is 0 Å². The smallest absolute Gasteiger partial charge is 0.0162 e. The van der Waals surface area contributed by atoms with Gasteiger partial charge < -0.3 is 0 Å². The second kappa shape index (κ2) is 9.95. The summed E-state index contributed by atoms with van der Waals surface area (Å²) in [5, 5.41) is 0. The summed E-state index contributed by atoms with van der Waals surface area (Å²) >= 11 is 0. The van der Waals surface area contributed by atoms with Crippen molar-refractivity contribution in [2.45, 2.75) is 110 Å². The average Bonchev–Trinajstić information content (AvgIpc) is 2.69. The molecular weight excluding hydrogens is 312 g/mol. The summed E-state index contributed by atoms with van der Waals surface area (Å²) in [6, 6.07) is 9.91. The highest BCUT2D eigenvalue weighted by Crippen LogP contribution is 2.40. The van der Waals surface area contributed by atoms with Gasteiger partial charge in [-0.25, -0.2) is 0 Å². The molecule has 2 aliphatic carbocycles. The molecule has 2 fully saturated rings. The summed E-state index contributed by atoms with van der Waals surface area (Å²) in [6.07, 6.45) is 17.1. The van der Waals surface area contributed by atoms with Crippen LogP contribution in [0.15, 0.2) is 24.3 Å². The maximum Gasteiger partial charge on any atom is -0.0162 e. The fourth-order valence-electron chi connectivity index (χ4n) is 5.70. The van der Waals surface area contributed by atoms with Gasteiger partial charge in [-0.3, -0.25) is 0 Å². The van der Waals surface area contributed by atoms with Crippen LogP contribution in [0.4, 0.5) is 0 Å². The highest BCUT2D eigenvalue weighted by molar-refractivity contribution is 5.28. The van der Waals surface area contributed by atoms with E-state index < -0.39 is 0 Å². The molecule has 0 aliphatic heterocycles. The zero-order chi connectivity index (χ0) is 18.4. The molecule has 0 heterocycles. The Morgan fingerprint density at radius 1 is 0.731 bits per heavy atom. The summed E-state index contributed by atoms with van der Waals surface area (Å²) in [5.41, 5.74) is 3.24. The quantitative estimate of drug-likeness (QED) is 0.460. The fourth-order valence-corrected chi connectivity index (χ4v) is 5.70. The molecule has 0 bridgehead atoms. The van der Waals surface area contributed by atoms with E-state index >= 15 is 0 Å². The second-order valence-electron chi connectivity index (χ2n) is 9.64. The first-order chi connectivity index (χ1) is 12.7. The maximum atomic E-state index is 2.48. The molecule has 1 aromatic carbocycles. The zero-order valence-electron chi connectivity index (χ0n) is 17.7. The summed E-state index contributed by atoms with van der Waals surface area (Å²) in [4.78, 5) is 0. The van der Waals surface area contributed by atoms with Crippen LogP contribution in [0, 0.1) is 17.8 Å². The SMILES string of the molecule is CCCC1CCC(c2ccc(C3CCC(CC(C)CC)CC3)cc2)CC1. The number of rotatable bonds is 7. The summed E-state index contributed by atoms with van der Waals surface area (Å²) in [5.74, 6) is 4.60. The van der Waals surface area contributed by atoms with E-state index in [-0.39, 0.29) is 0 Å². The Morgan fingerprint density at radius 2 is 1.19 bits per heavy atom. The minimum Gasteiger partial charge on any atom is -0.0654 e. The van der Waals surface area contributed by atoms with Crippen LogP contribution in [0.5, 0.6) is 0 Å². The number of benzene rings is 1. The van der Waals surface area contributed by atoms with Gasteiger partial charge in [-0.15, -0.1) is 0 Å². The monoisotopic (exact) mass is 354 g/mol. The lowest BCUT2D eigenvalue weighted by Crippen LogP contribution is -2.16. The third kappa shape index (κ3) is 5.37. The van der Waals surface area contributed by atoms with E-state index in [1.54, 1.807) is 11.1 Å². The minimum absolute atomic E-state index is 0.831. The maximum absolute atomic E-state index is 2.48. The molecule has 2 aliphatic rings. The Labute approximate surface area is 163 Å². The lowest BCUT2D eigenvalue weighted by atomic mass is 9.74. The molecule has 2 saturated carbocycles. The average molecular weight is 355 g/mol. The molecule has 0 amide bonds. The first kappa shape index (κ1) is 20.0. The van der Waals surface area contributed by atoms with Gasteiger partial charge in [0.25, 0.3) is 0 Å². The fraction of sp³-hybridized carbons (Fsp3) is 0.769. The van der Waals surface area contributed by atoms with E-state index in [2.05, 4.69) is 45.0 Å². The van der Waals surface area contributed by atoms with Crippen LogP contribution in [0.25, 0.3) is 0 Å². The molecule has 1 unspecified atom stereocenters. The van der Waals surface area contributed by atoms with Gasteiger partial charge in [-0.2, -0.15) is 0 Å². The van der Waals surface area contributed by atoms with E-state index in [1.165, 1.54) is 77.0 Å². The first-order valence-electron chi connectivity index (χ1n) is 11.8. The molecule has 0 aromatic heterocycles. The largest absolute Gasteiger partial charge is 0.0654 e. The van der Waals surface area contributed by atoms with Gasteiger partial charge in [0, 0.05) is 0 Å². The molecule has 0 nitrogen and oxygen atoms in total. The summed E-state index contributed by atoms with van der Waals surface area (Å²) in [7, 11) is 0. The molecule has 3 rings (SSSR count). The molecule has 0 N–H and O–H groups in total. The Balaban J connectivity index is 1.48. The molecule has 1 atom stereocenters. The third-order valence-electron chi connectivity index (χ3n) is 7.70. The van der Waals surface area contributed by atoms with Crippen molar-refractivity contribution in [3.63, 3.8) is 0 Å². The van der Waals surface area contributed by atoms with Crippen LogP contribution >= 0.6 is 0 Å². The summed E-state index contributed by atoms with van der Waals surface area (Å²) in [6.45, 7) is 7.11. The van der Waals surface area contributed by atoms with Crippen molar-refractivity contribution in [2.75, 3.05) is 0 Å². The first-order valence-corrected chi connectivity index (χ1v) is 11.8. The van der Waals surface area contributed by atoms with Gasteiger partial charge in [-0.05, 0) is 98.5 Å². The van der Waals surface area contributed by atoms with Gasteiger partial charge >= 0.3 is 0 Å². The Morgan fingerprint density at radius 3 is 1.62 bits per heavy atom. The van der Waals surface area contributed by atoms with E-state index in [9.17, 15) is 0 Å². The summed E-state index contributed by atoms with van der Waals surface area (Å²) < 4.78 is 0. The van der Waals surface area contributed by atoms with Crippen molar-refractivity contribution < 1.29 is 0 Å². The van der Waals surface area contributed by atoms with Crippen LogP contribution in [-0.4, -0.2) is 0 Å². The second-order valence-corrected chi connectivity index (χ2v) is 9.64. The lowest BCUT2D eigenvalue weighted by Gasteiger charge is -2.31. The van der Waals surface area contributed by atoms with E-state index in [0.717, 1.165) is 29.6 Å². The molecule has 0 spiro atoms. The lowest BCUT2D eigenvalue weighted by molar-refractivity contribution is 0.273. The van der Waals surface area contributed by atoms with Gasteiger partial charge in [0.2, 0.25) is 0 Å². The van der Waals surface area contributed by atoms with Crippen LogP contribution in [0.2, 0.25) is 0 Å². The molecule has 0 radical (unpaired) electrons. The van der Waals surface area contributed by atoms with Crippen LogP contribution < -0.4 is 0 Å². The molecule has 26 heavy (non-hydrogen) atoms. The topological polar surface area (TPSA) is 0 Å². The predicted octanol–water partition coefficient (Wildman–Crippen LogP) is 8.47. The van der Waals surface area contributed by atoms with Gasteiger partial charge in [0.05, 0.1) is 0 Å². The molecule has 0 saturated heterocycles. The van der Waals surface area contributed by atoms with E-state index in [0.29, 0.717) is 0 Å². The van der Waals surface area contributed by atoms with Crippen molar-refractivity contribution in [1.82, 2.24) is 0 Å². The van der Waals surface area contributed by atoms with Gasteiger partial charge in [0.15, 0.2) is 0 Å². The van der Waals surface area contributed by atoms with Crippen molar-refractivity contribution in [3.05, 3.63) is 35.4 Å². The third-order valence-corrected chi connectivity index (χ3v) is 7.70. The highest BCUT2D eigenvalue weighted by Gasteiger charge is 2.25. The van der Waals surface area contributed by atoms with E-state index in [4.69, 9.17) is 0 Å². The Kier molecular flexibility index (Phi) is 7.64. The molecule has 146 valence electrons. The highest BCUT2D eigenvalue weighted by atomic mass is 14.3. The van der Waals surface area contributed by atoms with Crippen molar-refractivity contribution in [2.24, 2.45) is 17.8 Å². The molecule has 1 aromatic rings. The van der Waals surface area contributed by atoms with Gasteiger partial charge in [0.1, 0.15) is 0 Å². The molecular formula is C26H42. The van der Waals surface area contributed by atoms with Crippen molar-refractivity contribution >= 4 is 0 Å². The predicted molar refractivity (Wildman–Crippen MR) is 115 cm³/mol. The van der Waals surface area contributed by atoms with E-state index in [1.807, 2.05) is 0 Å². The normalized spacial score (nSPS) is 30.9. The van der Waals surface area contributed by atoms with Crippen molar-refractivity contribution in [3.8, 4) is 0 Å². The Bertz CT molecular complexity index is 497. The van der Waals surface area contributed by atoms with Crippen LogP contribution in [0.3, 0.4) is 0 Å². The molecule has 0 heteroatoms. The van der Waals surface area contributed by atoms with Crippen LogP contribution in [-0.2, 0) is 0 Å². The minimum atomic E-state index is 0.831. The standard InChI is InChI=1S/C26H42/c1-4-6-21-7-11-23(12-8-21)25-15-17-26(18-16-25)24-13-9-22(10-14-24)19-20(3)5-2/h15-18,20-24H,4-14,19H2,1-3H3. The Hall–Kier alpha value is -0.780. The number of hydrogen-bond donors (Lipinski definition) is 0. The zero-order valence-corrected chi connectivity index (χ0v) is 17.7. The van der Waals surface area contributed by atoms with Gasteiger partial charge in [-0.1, -0.05) is 64.3 Å². The van der Waals surface area contributed by atoms with Crippen LogP contribution in [0.1, 0.15) is 121 Å². The number of hydrogen-bond acceptors (Lipinski definition) is 0.